The zero-order valence-electron chi connectivity index (χ0n) is 8.60. The topological polar surface area (TPSA) is 55.8 Å². The Morgan fingerprint density at radius 2 is 2.27 bits per heavy atom. The smallest absolute Gasteiger partial charge is 0.306 e. The van der Waals surface area contributed by atoms with Crippen molar-refractivity contribution in [3.05, 3.63) is 29.8 Å². The fourth-order valence-corrected chi connectivity index (χ4v) is 1.15. The number of carboxylic acids is 1. The molecule has 0 unspecified atom stereocenters. The lowest BCUT2D eigenvalue weighted by Crippen LogP contribution is -2.04. The van der Waals surface area contributed by atoms with Gasteiger partial charge in [-0.25, -0.2) is 0 Å². The summed E-state index contributed by atoms with van der Waals surface area (Å²) in [5.74, 6) is -0.186. The molecule has 0 spiro atoms. The van der Waals surface area contributed by atoms with Gasteiger partial charge in [0.25, 0.3) is 0 Å². The van der Waals surface area contributed by atoms with E-state index >= 15 is 0 Å². The normalized spacial score (nSPS) is 9.93. The maximum Gasteiger partial charge on any atom is 0.306 e. The van der Waals surface area contributed by atoms with Crippen molar-refractivity contribution in [2.75, 3.05) is 13.7 Å². The second-order valence-corrected chi connectivity index (χ2v) is 3.07. The van der Waals surface area contributed by atoms with Gasteiger partial charge in [-0.2, -0.15) is 0 Å². The van der Waals surface area contributed by atoms with Crippen LogP contribution in [-0.4, -0.2) is 24.8 Å². The highest BCUT2D eigenvalue weighted by Crippen LogP contribution is 2.13. The molecule has 0 fully saturated rings. The average Bonchev–Trinajstić information content (AvgIpc) is 2.18. The first-order chi connectivity index (χ1) is 7.22. The molecule has 0 radical (unpaired) electrons. The molecule has 1 rings (SSSR count). The van der Waals surface area contributed by atoms with E-state index in [-0.39, 0.29) is 13.0 Å². The van der Waals surface area contributed by atoms with Crippen molar-refractivity contribution in [2.24, 2.45) is 0 Å². The van der Waals surface area contributed by atoms with Crippen LogP contribution in [0.3, 0.4) is 0 Å². The fourth-order valence-electron chi connectivity index (χ4n) is 1.15. The van der Waals surface area contributed by atoms with E-state index in [1.165, 1.54) is 0 Å². The van der Waals surface area contributed by atoms with Gasteiger partial charge in [0, 0.05) is 7.11 Å². The molecule has 0 aliphatic carbocycles. The number of aliphatic carboxylic acids is 1. The van der Waals surface area contributed by atoms with Gasteiger partial charge in [0.15, 0.2) is 0 Å². The lowest BCUT2D eigenvalue weighted by Gasteiger charge is -2.06. The summed E-state index contributed by atoms with van der Waals surface area (Å²) in [6.07, 6.45) is 0.00844. The molecule has 0 atom stereocenters. The summed E-state index contributed by atoms with van der Waals surface area (Å²) >= 11 is 0. The predicted octanol–water partition coefficient (Wildman–Crippen LogP) is 1.69. The van der Waals surface area contributed by atoms with Gasteiger partial charge in [-0.1, -0.05) is 12.1 Å². The van der Waals surface area contributed by atoms with Crippen LogP contribution in [0.4, 0.5) is 0 Å². The third-order valence-corrected chi connectivity index (χ3v) is 1.79. The van der Waals surface area contributed by atoms with Gasteiger partial charge in [0.1, 0.15) is 5.75 Å². The molecule has 0 aromatic heterocycles. The van der Waals surface area contributed by atoms with Crippen LogP contribution in [0.15, 0.2) is 24.3 Å². The van der Waals surface area contributed by atoms with Crippen molar-refractivity contribution in [2.45, 2.75) is 13.0 Å². The first-order valence-corrected chi connectivity index (χ1v) is 4.65. The van der Waals surface area contributed by atoms with Crippen LogP contribution >= 0.6 is 0 Å². The summed E-state index contributed by atoms with van der Waals surface area (Å²) in [7, 11) is 1.62. The quantitative estimate of drug-likeness (QED) is 0.776. The van der Waals surface area contributed by atoms with Gasteiger partial charge >= 0.3 is 5.97 Å². The van der Waals surface area contributed by atoms with Gasteiger partial charge in [-0.05, 0) is 17.7 Å². The first-order valence-electron chi connectivity index (χ1n) is 4.65. The molecule has 1 N–H and O–H groups in total. The van der Waals surface area contributed by atoms with E-state index in [1.807, 2.05) is 18.2 Å². The third-order valence-electron chi connectivity index (χ3n) is 1.79. The largest absolute Gasteiger partial charge is 0.493 e. The van der Waals surface area contributed by atoms with Crippen molar-refractivity contribution in [1.29, 1.82) is 0 Å². The van der Waals surface area contributed by atoms with Crippen molar-refractivity contribution in [3.8, 4) is 5.75 Å². The molecular weight excluding hydrogens is 196 g/mol. The highest BCUT2D eigenvalue weighted by Gasteiger charge is 1.99. The maximum atomic E-state index is 10.3. The van der Waals surface area contributed by atoms with E-state index in [9.17, 15) is 4.79 Å². The van der Waals surface area contributed by atoms with Crippen LogP contribution in [0, 0.1) is 0 Å². The van der Waals surface area contributed by atoms with Crippen LogP contribution in [0.5, 0.6) is 5.75 Å². The minimum Gasteiger partial charge on any atom is -0.493 e. The number of ether oxygens (including phenoxy) is 2. The molecule has 0 amide bonds. The molecule has 4 heteroatoms. The Morgan fingerprint density at radius 3 is 2.93 bits per heavy atom. The predicted molar refractivity (Wildman–Crippen MR) is 54.9 cm³/mol. The number of carboxylic acid groups (broad SMARTS) is 1. The second kappa shape index (κ2) is 6.03. The summed E-state index contributed by atoms with van der Waals surface area (Å²) in [6, 6.07) is 7.41. The number of rotatable bonds is 6. The highest BCUT2D eigenvalue weighted by atomic mass is 16.5. The number of methoxy groups -OCH3 is 1. The number of hydrogen-bond acceptors (Lipinski definition) is 3. The standard InChI is InChI=1S/C11H14O4/c1-14-8-9-3-2-4-10(7-9)15-6-5-11(12)13/h2-4,7H,5-6,8H2,1H3,(H,12,13). The molecule has 82 valence electrons. The molecule has 0 aliphatic heterocycles. The van der Waals surface area contributed by atoms with E-state index in [4.69, 9.17) is 14.6 Å². The van der Waals surface area contributed by atoms with E-state index in [2.05, 4.69) is 0 Å². The van der Waals surface area contributed by atoms with E-state index in [1.54, 1.807) is 13.2 Å². The molecule has 0 bridgehead atoms. The molecule has 4 nitrogen and oxygen atoms in total. The molecule has 0 heterocycles. The molecule has 0 saturated carbocycles. The summed E-state index contributed by atoms with van der Waals surface area (Å²) in [4.78, 5) is 10.3. The van der Waals surface area contributed by atoms with Crippen LogP contribution in [-0.2, 0) is 16.1 Å². The van der Waals surface area contributed by atoms with Gasteiger partial charge in [0.05, 0.1) is 19.6 Å². The number of hydrogen-bond donors (Lipinski definition) is 1. The molecule has 15 heavy (non-hydrogen) atoms. The Hall–Kier alpha value is -1.55. The van der Waals surface area contributed by atoms with Gasteiger partial charge < -0.3 is 14.6 Å². The third kappa shape index (κ3) is 4.46. The highest BCUT2D eigenvalue weighted by molar-refractivity contribution is 5.66. The lowest BCUT2D eigenvalue weighted by atomic mass is 10.2. The SMILES string of the molecule is COCc1cccc(OCCC(=O)O)c1. The van der Waals surface area contributed by atoms with E-state index < -0.39 is 5.97 Å². The van der Waals surface area contributed by atoms with Gasteiger partial charge in [-0.15, -0.1) is 0 Å². The summed E-state index contributed by atoms with van der Waals surface area (Å²) in [6.45, 7) is 0.710. The zero-order chi connectivity index (χ0) is 11.1. The van der Waals surface area contributed by atoms with Crippen molar-refractivity contribution in [3.63, 3.8) is 0 Å². The molecule has 0 aliphatic rings. The number of carbonyl (C=O) groups is 1. The Morgan fingerprint density at radius 1 is 1.47 bits per heavy atom. The molecule has 1 aromatic carbocycles. The molecule has 0 saturated heterocycles. The summed E-state index contributed by atoms with van der Waals surface area (Å²) < 4.78 is 10.2. The molecular formula is C11H14O4. The van der Waals surface area contributed by atoms with Crippen LogP contribution in [0.1, 0.15) is 12.0 Å². The zero-order valence-corrected chi connectivity index (χ0v) is 8.60. The van der Waals surface area contributed by atoms with Crippen LogP contribution in [0.2, 0.25) is 0 Å². The Kier molecular flexibility index (Phi) is 4.63. The monoisotopic (exact) mass is 210 g/mol. The maximum absolute atomic E-state index is 10.3. The number of benzene rings is 1. The van der Waals surface area contributed by atoms with Crippen LogP contribution < -0.4 is 4.74 Å². The van der Waals surface area contributed by atoms with Gasteiger partial charge in [0.2, 0.25) is 0 Å². The Bertz CT molecular complexity index is 322. The van der Waals surface area contributed by atoms with Crippen molar-refractivity contribution >= 4 is 5.97 Å². The van der Waals surface area contributed by atoms with Gasteiger partial charge in [-0.3, -0.25) is 4.79 Å². The Balaban J connectivity index is 2.46. The fraction of sp³-hybridized carbons (Fsp3) is 0.364. The minimum absolute atomic E-state index is 0.00844. The summed E-state index contributed by atoms with van der Waals surface area (Å²) in [5, 5.41) is 8.43. The van der Waals surface area contributed by atoms with Crippen molar-refractivity contribution in [1.82, 2.24) is 0 Å². The Labute approximate surface area is 88.4 Å². The summed E-state index contributed by atoms with van der Waals surface area (Å²) in [5.41, 5.74) is 1.00. The van der Waals surface area contributed by atoms with E-state index in [0.717, 1.165) is 5.56 Å². The first kappa shape index (κ1) is 11.5. The minimum atomic E-state index is -0.858. The average molecular weight is 210 g/mol. The van der Waals surface area contributed by atoms with Crippen molar-refractivity contribution < 1.29 is 19.4 Å². The van der Waals surface area contributed by atoms with Crippen LogP contribution in [0.25, 0.3) is 0 Å². The lowest BCUT2D eigenvalue weighted by molar-refractivity contribution is -0.137. The second-order valence-electron chi connectivity index (χ2n) is 3.07. The molecule has 1 aromatic rings. The van der Waals surface area contributed by atoms with E-state index in [0.29, 0.717) is 12.4 Å².